The topological polar surface area (TPSA) is 82.5 Å². The van der Waals surface area contributed by atoms with Crippen molar-refractivity contribution in [1.82, 2.24) is 14.6 Å². The summed E-state index contributed by atoms with van der Waals surface area (Å²) < 4.78 is 6.52. The summed E-state index contributed by atoms with van der Waals surface area (Å²) >= 11 is 0. The summed E-state index contributed by atoms with van der Waals surface area (Å²) in [4.78, 5) is 16.3. The summed E-state index contributed by atoms with van der Waals surface area (Å²) in [6, 6.07) is 20.6. The summed E-state index contributed by atoms with van der Waals surface area (Å²) in [7, 11) is 1.36. The number of rotatable bonds is 5. The van der Waals surface area contributed by atoms with E-state index in [1.54, 1.807) is 10.6 Å². The molecule has 0 radical (unpaired) electrons. The molecule has 5 rings (SSSR count). The van der Waals surface area contributed by atoms with Crippen LogP contribution in [0.4, 0.5) is 0 Å². The number of hydrogen-bond donors (Lipinski definition) is 1. The zero-order chi connectivity index (χ0) is 23.0. The molecule has 0 amide bonds. The maximum absolute atomic E-state index is 11.7. The van der Waals surface area contributed by atoms with Gasteiger partial charge < -0.3 is 10.5 Å². The van der Waals surface area contributed by atoms with Gasteiger partial charge in [-0.25, -0.2) is 14.3 Å². The first-order valence-electron chi connectivity index (χ1n) is 11.1. The minimum absolute atomic E-state index is 0.203. The lowest BCUT2D eigenvalue weighted by Crippen LogP contribution is -2.43. The lowest BCUT2D eigenvalue weighted by Gasteiger charge is -2.38. The molecule has 1 fully saturated rings. The molecule has 166 valence electrons. The normalized spacial score (nSPS) is 15.0. The van der Waals surface area contributed by atoms with Crippen molar-refractivity contribution in [3.05, 3.63) is 83.7 Å². The predicted octanol–water partition coefficient (Wildman–Crippen LogP) is 4.90. The average molecular weight is 439 g/mol. The van der Waals surface area contributed by atoms with Crippen molar-refractivity contribution >= 4 is 17.7 Å². The van der Waals surface area contributed by atoms with E-state index < -0.39 is 5.97 Å². The molecule has 2 aromatic heterocycles. The summed E-state index contributed by atoms with van der Waals surface area (Å²) in [6.07, 6.45) is 6.30. The van der Waals surface area contributed by atoms with E-state index in [-0.39, 0.29) is 5.54 Å². The molecule has 1 aliphatic carbocycles. The largest absolute Gasteiger partial charge is 0.466 e. The van der Waals surface area contributed by atoms with E-state index in [1.807, 2.05) is 31.2 Å². The van der Waals surface area contributed by atoms with Crippen molar-refractivity contribution < 1.29 is 9.53 Å². The SMILES string of the molecule is COC(=O)/C=C/c1c(C)nc2cc(-c3ccccc3)c(-c3ccc(C4(N)CCC4)cc3)nn12. The van der Waals surface area contributed by atoms with E-state index in [4.69, 9.17) is 15.6 Å². The third-order valence-electron chi connectivity index (χ3n) is 6.47. The third-order valence-corrected chi connectivity index (χ3v) is 6.47. The Bertz CT molecular complexity index is 1350. The van der Waals surface area contributed by atoms with Crippen molar-refractivity contribution in [3.8, 4) is 22.4 Å². The highest BCUT2D eigenvalue weighted by Gasteiger charge is 2.34. The Morgan fingerprint density at radius 3 is 2.45 bits per heavy atom. The molecule has 2 heterocycles. The van der Waals surface area contributed by atoms with E-state index in [2.05, 4.69) is 41.4 Å². The van der Waals surface area contributed by atoms with Crippen LogP contribution in [0.25, 0.3) is 34.1 Å². The van der Waals surface area contributed by atoms with Crippen molar-refractivity contribution in [2.75, 3.05) is 7.11 Å². The predicted molar refractivity (Wildman–Crippen MR) is 129 cm³/mol. The Labute approximate surface area is 192 Å². The van der Waals surface area contributed by atoms with E-state index in [0.29, 0.717) is 5.65 Å². The van der Waals surface area contributed by atoms with Crippen LogP contribution < -0.4 is 5.73 Å². The van der Waals surface area contributed by atoms with Crippen LogP contribution in [0, 0.1) is 6.92 Å². The average Bonchev–Trinajstić information content (AvgIpc) is 3.14. The molecule has 0 aliphatic heterocycles. The maximum atomic E-state index is 11.7. The minimum atomic E-state index is -0.423. The van der Waals surface area contributed by atoms with Gasteiger partial charge in [-0.2, -0.15) is 5.10 Å². The van der Waals surface area contributed by atoms with Gasteiger partial charge >= 0.3 is 5.97 Å². The summed E-state index contributed by atoms with van der Waals surface area (Å²) in [5.74, 6) is -0.423. The Hall–Kier alpha value is -3.77. The number of imidazole rings is 1. The first-order valence-corrected chi connectivity index (χ1v) is 11.1. The summed E-state index contributed by atoms with van der Waals surface area (Å²) in [5, 5.41) is 4.99. The lowest BCUT2D eigenvalue weighted by atomic mass is 9.72. The summed E-state index contributed by atoms with van der Waals surface area (Å²) in [6.45, 7) is 1.90. The number of ether oxygens (including phenoxy) is 1. The quantitative estimate of drug-likeness (QED) is 0.354. The van der Waals surface area contributed by atoms with Gasteiger partial charge in [0.2, 0.25) is 0 Å². The number of fused-ring (bicyclic) bond motifs is 1. The van der Waals surface area contributed by atoms with Gasteiger partial charge in [-0.3, -0.25) is 0 Å². The molecule has 0 unspecified atom stereocenters. The van der Waals surface area contributed by atoms with Crippen LogP contribution in [0.5, 0.6) is 0 Å². The molecule has 33 heavy (non-hydrogen) atoms. The molecule has 2 N–H and O–H groups in total. The van der Waals surface area contributed by atoms with E-state index >= 15 is 0 Å². The van der Waals surface area contributed by atoms with Crippen LogP contribution >= 0.6 is 0 Å². The van der Waals surface area contributed by atoms with Crippen molar-refractivity contribution in [2.24, 2.45) is 5.73 Å². The van der Waals surface area contributed by atoms with Gasteiger partial charge in [0.25, 0.3) is 0 Å². The molecule has 6 heteroatoms. The molecule has 2 aromatic carbocycles. The smallest absolute Gasteiger partial charge is 0.330 e. The highest BCUT2D eigenvalue weighted by Crippen LogP contribution is 2.40. The zero-order valence-corrected chi connectivity index (χ0v) is 18.8. The number of methoxy groups -OCH3 is 1. The van der Waals surface area contributed by atoms with Crippen LogP contribution in [0.3, 0.4) is 0 Å². The summed E-state index contributed by atoms with van der Waals surface area (Å²) in [5.41, 5.74) is 13.6. The van der Waals surface area contributed by atoms with Crippen molar-refractivity contribution in [2.45, 2.75) is 31.7 Å². The number of aryl methyl sites for hydroxylation is 1. The second kappa shape index (κ2) is 8.30. The Morgan fingerprint density at radius 2 is 1.82 bits per heavy atom. The number of hydrogen-bond acceptors (Lipinski definition) is 5. The first kappa shape index (κ1) is 21.1. The van der Waals surface area contributed by atoms with Gasteiger partial charge in [-0.05, 0) is 49.5 Å². The molecule has 0 spiro atoms. The van der Waals surface area contributed by atoms with Crippen LogP contribution in [0.15, 0.2) is 66.7 Å². The molecule has 0 bridgehead atoms. The Morgan fingerprint density at radius 1 is 1.09 bits per heavy atom. The number of nitrogens with two attached hydrogens (primary N) is 1. The Kier molecular flexibility index (Phi) is 5.30. The minimum Gasteiger partial charge on any atom is -0.466 e. The number of nitrogens with zero attached hydrogens (tertiary/aromatic N) is 3. The van der Waals surface area contributed by atoms with Crippen LogP contribution in [-0.2, 0) is 15.1 Å². The maximum Gasteiger partial charge on any atom is 0.330 e. The Balaban J connectivity index is 1.68. The monoisotopic (exact) mass is 438 g/mol. The fraction of sp³-hybridized carbons (Fsp3) is 0.222. The van der Waals surface area contributed by atoms with Gasteiger partial charge in [0.1, 0.15) is 0 Å². The number of esters is 1. The van der Waals surface area contributed by atoms with Crippen molar-refractivity contribution in [1.29, 1.82) is 0 Å². The molecule has 4 aromatic rings. The molecule has 1 saturated carbocycles. The highest BCUT2D eigenvalue weighted by molar-refractivity contribution is 5.87. The van der Waals surface area contributed by atoms with Crippen molar-refractivity contribution in [3.63, 3.8) is 0 Å². The van der Waals surface area contributed by atoms with Gasteiger partial charge in [-0.15, -0.1) is 0 Å². The number of carbonyl (C=O) groups excluding carboxylic acids is 1. The first-order chi connectivity index (χ1) is 16.0. The van der Waals surface area contributed by atoms with Gasteiger partial charge in [0.15, 0.2) is 5.65 Å². The van der Waals surface area contributed by atoms with Crippen LogP contribution in [-0.4, -0.2) is 27.7 Å². The van der Waals surface area contributed by atoms with E-state index in [0.717, 1.165) is 46.6 Å². The molecule has 0 atom stereocenters. The number of benzene rings is 2. The third kappa shape index (κ3) is 3.83. The van der Waals surface area contributed by atoms with E-state index in [1.165, 1.54) is 25.2 Å². The van der Waals surface area contributed by atoms with Gasteiger partial charge in [0.05, 0.1) is 24.2 Å². The molecule has 6 nitrogen and oxygen atoms in total. The van der Waals surface area contributed by atoms with E-state index in [9.17, 15) is 4.79 Å². The zero-order valence-electron chi connectivity index (χ0n) is 18.8. The standard InChI is InChI=1S/C27H26N4O2/c1-18-23(13-14-25(32)33-2)31-24(29-18)17-22(19-7-4-3-5-8-19)26(30-31)20-9-11-21(12-10-20)27(28)15-6-16-27/h3-5,7-14,17H,6,15-16,28H2,1-2H3/b14-13+. The van der Waals surface area contributed by atoms with Gasteiger partial charge in [-0.1, -0.05) is 54.6 Å². The number of carbonyl (C=O) groups is 1. The fourth-order valence-electron chi connectivity index (χ4n) is 4.37. The van der Waals surface area contributed by atoms with Crippen LogP contribution in [0.1, 0.15) is 36.2 Å². The second-order valence-electron chi connectivity index (χ2n) is 8.57. The highest BCUT2D eigenvalue weighted by atomic mass is 16.5. The molecular weight excluding hydrogens is 412 g/mol. The molecule has 1 aliphatic rings. The number of aromatic nitrogens is 3. The fourth-order valence-corrected chi connectivity index (χ4v) is 4.37. The molecule has 0 saturated heterocycles. The van der Waals surface area contributed by atoms with Crippen LogP contribution in [0.2, 0.25) is 0 Å². The second-order valence-corrected chi connectivity index (χ2v) is 8.57. The molecular formula is C27H26N4O2. The lowest BCUT2D eigenvalue weighted by molar-refractivity contribution is -0.134. The van der Waals surface area contributed by atoms with Gasteiger partial charge in [0, 0.05) is 22.7 Å².